The zero-order chi connectivity index (χ0) is 15.1. The molecule has 1 fully saturated rings. The van der Waals surface area contributed by atoms with Crippen molar-refractivity contribution in [1.82, 2.24) is 20.9 Å². The van der Waals surface area contributed by atoms with Crippen LogP contribution in [0.15, 0.2) is 0 Å². The molecule has 20 heavy (non-hydrogen) atoms. The minimum absolute atomic E-state index is 0.294. The van der Waals surface area contributed by atoms with Gasteiger partial charge in [0.15, 0.2) is 0 Å². The molecule has 8 heteroatoms. The van der Waals surface area contributed by atoms with Crippen molar-refractivity contribution in [2.24, 2.45) is 0 Å². The number of nitrogens with zero attached hydrogens (tertiary/aromatic N) is 1. The number of imide groups is 1. The number of nitrogens with one attached hydrogen (secondary N) is 3. The molecule has 0 bridgehead atoms. The summed E-state index contributed by atoms with van der Waals surface area (Å²) in [6.07, 6.45) is 0. The Hall–Kier alpha value is -1.67. The molecule has 0 aromatic carbocycles. The van der Waals surface area contributed by atoms with Gasteiger partial charge in [0, 0.05) is 26.7 Å². The molecule has 114 valence electrons. The quantitative estimate of drug-likeness (QED) is 0.554. The number of ether oxygens (including phenoxy) is 1. The summed E-state index contributed by atoms with van der Waals surface area (Å²) < 4.78 is 5.01. The van der Waals surface area contributed by atoms with E-state index in [0.29, 0.717) is 26.2 Å². The van der Waals surface area contributed by atoms with Crippen molar-refractivity contribution < 1.29 is 19.1 Å². The summed E-state index contributed by atoms with van der Waals surface area (Å²) in [5.74, 6) is -0.806. The molecule has 3 amide bonds. The summed E-state index contributed by atoms with van der Waals surface area (Å²) >= 11 is 0. The number of carbonyl (C=O) groups excluding carboxylic acids is 3. The van der Waals surface area contributed by atoms with Gasteiger partial charge >= 0.3 is 12.0 Å². The van der Waals surface area contributed by atoms with Crippen LogP contribution in [0.2, 0.25) is 0 Å². The molecule has 1 saturated heterocycles. The van der Waals surface area contributed by atoms with Crippen LogP contribution in [0.1, 0.15) is 13.8 Å². The van der Waals surface area contributed by atoms with Gasteiger partial charge in [0.1, 0.15) is 6.04 Å². The van der Waals surface area contributed by atoms with Gasteiger partial charge < -0.3 is 15.4 Å². The molecule has 8 nitrogen and oxygen atoms in total. The molecule has 3 N–H and O–H groups in total. The molecule has 0 aromatic heterocycles. The second-order valence-electron chi connectivity index (χ2n) is 4.45. The lowest BCUT2D eigenvalue weighted by atomic mass is 10.1. The number of carbonyl (C=O) groups is 3. The number of esters is 1. The van der Waals surface area contributed by atoms with E-state index in [0.717, 1.165) is 0 Å². The van der Waals surface area contributed by atoms with Gasteiger partial charge in [-0.05, 0) is 13.8 Å². The van der Waals surface area contributed by atoms with Crippen molar-refractivity contribution in [3.05, 3.63) is 0 Å². The highest BCUT2D eigenvalue weighted by molar-refractivity contribution is 5.97. The van der Waals surface area contributed by atoms with Gasteiger partial charge in [0.25, 0.3) is 0 Å². The van der Waals surface area contributed by atoms with Gasteiger partial charge in [0.2, 0.25) is 5.91 Å². The molecule has 1 heterocycles. The van der Waals surface area contributed by atoms with Crippen LogP contribution >= 0.6 is 0 Å². The third-order valence-electron chi connectivity index (χ3n) is 3.18. The molecule has 1 aliphatic heterocycles. The maximum absolute atomic E-state index is 12.0. The molecule has 1 rings (SSSR count). The molecule has 0 spiro atoms. The predicted molar refractivity (Wildman–Crippen MR) is 72.1 cm³/mol. The molecule has 0 saturated carbocycles. The van der Waals surface area contributed by atoms with Crippen molar-refractivity contribution in [2.45, 2.75) is 25.9 Å². The molecular formula is C12H22N4O4. The molecular weight excluding hydrogens is 264 g/mol. The Morgan fingerprint density at radius 2 is 2.15 bits per heavy atom. The highest BCUT2D eigenvalue weighted by Crippen LogP contribution is 2.10. The Bertz CT molecular complexity index is 374. The lowest BCUT2D eigenvalue weighted by Crippen LogP contribution is -2.61. The maximum atomic E-state index is 12.0. The second kappa shape index (κ2) is 7.81. The first kappa shape index (κ1) is 16.4. The van der Waals surface area contributed by atoms with Crippen molar-refractivity contribution in [3.63, 3.8) is 0 Å². The largest absolute Gasteiger partial charge is 0.465 e. The minimum Gasteiger partial charge on any atom is -0.465 e. The lowest BCUT2D eigenvalue weighted by Gasteiger charge is -2.37. The molecule has 2 atom stereocenters. The first-order chi connectivity index (χ1) is 9.51. The van der Waals surface area contributed by atoms with Crippen molar-refractivity contribution >= 4 is 17.9 Å². The molecule has 0 aliphatic carbocycles. The first-order valence-corrected chi connectivity index (χ1v) is 6.66. The molecule has 2 unspecified atom stereocenters. The summed E-state index contributed by atoms with van der Waals surface area (Å²) in [6.45, 7) is 5.33. The summed E-state index contributed by atoms with van der Waals surface area (Å²) in [6, 6.07) is -1.68. The van der Waals surface area contributed by atoms with Crippen LogP contribution in [0.5, 0.6) is 0 Å². The zero-order valence-corrected chi connectivity index (χ0v) is 12.1. The normalized spacial score (nSPS) is 20.9. The van der Waals surface area contributed by atoms with E-state index in [4.69, 9.17) is 4.74 Å². The predicted octanol–water partition coefficient (Wildman–Crippen LogP) is -1.33. The first-order valence-electron chi connectivity index (χ1n) is 6.66. The summed E-state index contributed by atoms with van der Waals surface area (Å²) in [5, 5.41) is 7.63. The standard InChI is InChI=1S/C12H22N4O4/c1-4-20-11(18)9-7-14-5-6-16(9)8(2)10(17)15-12(19)13-3/h8-9,14H,4-7H2,1-3H3,(H2,13,15,17,19). The van der Waals surface area contributed by atoms with Gasteiger partial charge in [-0.2, -0.15) is 0 Å². The number of urea groups is 1. The Morgan fingerprint density at radius 3 is 2.75 bits per heavy atom. The Morgan fingerprint density at radius 1 is 1.45 bits per heavy atom. The summed E-state index contributed by atoms with van der Waals surface area (Å²) in [5.41, 5.74) is 0. The smallest absolute Gasteiger partial charge is 0.324 e. The van der Waals surface area contributed by atoms with E-state index < -0.39 is 24.0 Å². The van der Waals surface area contributed by atoms with E-state index in [1.54, 1.807) is 18.7 Å². The lowest BCUT2D eigenvalue weighted by molar-refractivity contribution is -0.152. The van der Waals surface area contributed by atoms with Gasteiger partial charge in [-0.15, -0.1) is 0 Å². The third-order valence-corrected chi connectivity index (χ3v) is 3.18. The van der Waals surface area contributed by atoms with Crippen LogP contribution in [0, 0.1) is 0 Å². The maximum Gasteiger partial charge on any atom is 0.324 e. The minimum atomic E-state index is -0.594. The second-order valence-corrected chi connectivity index (χ2v) is 4.45. The van der Waals surface area contributed by atoms with E-state index in [9.17, 15) is 14.4 Å². The Kier molecular flexibility index (Phi) is 6.40. The fraction of sp³-hybridized carbons (Fsp3) is 0.750. The van der Waals surface area contributed by atoms with E-state index in [1.165, 1.54) is 7.05 Å². The molecule has 1 aliphatic rings. The van der Waals surface area contributed by atoms with E-state index in [2.05, 4.69) is 16.0 Å². The Labute approximate surface area is 118 Å². The van der Waals surface area contributed by atoms with Crippen LogP contribution in [0.3, 0.4) is 0 Å². The zero-order valence-electron chi connectivity index (χ0n) is 12.1. The molecule has 0 radical (unpaired) electrons. The highest BCUT2D eigenvalue weighted by atomic mass is 16.5. The van der Waals surface area contributed by atoms with Gasteiger partial charge in [-0.1, -0.05) is 0 Å². The number of hydrogen-bond acceptors (Lipinski definition) is 6. The monoisotopic (exact) mass is 286 g/mol. The fourth-order valence-electron chi connectivity index (χ4n) is 2.07. The third kappa shape index (κ3) is 4.17. The average Bonchev–Trinajstić information content (AvgIpc) is 2.46. The number of hydrogen-bond donors (Lipinski definition) is 3. The van der Waals surface area contributed by atoms with Gasteiger partial charge in [-0.3, -0.25) is 19.8 Å². The Balaban J connectivity index is 2.71. The number of amides is 3. The van der Waals surface area contributed by atoms with Crippen LogP contribution in [0.25, 0.3) is 0 Å². The van der Waals surface area contributed by atoms with Crippen LogP contribution in [-0.2, 0) is 14.3 Å². The van der Waals surface area contributed by atoms with Gasteiger partial charge in [0.05, 0.1) is 12.6 Å². The average molecular weight is 286 g/mol. The highest BCUT2D eigenvalue weighted by Gasteiger charge is 2.35. The van der Waals surface area contributed by atoms with E-state index in [-0.39, 0.29) is 5.97 Å². The van der Waals surface area contributed by atoms with Gasteiger partial charge in [-0.25, -0.2) is 4.79 Å². The number of rotatable bonds is 4. The van der Waals surface area contributed by atoms with Crippen LogP contribution in [0.4, 0.5) is 4.79 Å². The topological polar surface area (TPSA) is 99.8 Å². The van der Waals surface area contributed by atoms with E-state index >= 15 is 0 Å². The number of piperazine rings is 1. The van der Waals surface area contributed by atoms with Crippen LogP contribution < -0.4 is 16.0 Å². The fourth-order valence-corrected chi connectivity index (χ4v) is 2.07. The van der Waals surface area contributed by atoms with E-state index in [1.807, 2.05) is 0 Å². The summed E-state index contributed by atoms with van der Waals surface area (Å²) in [7, 11) is 1.43. The van der Waals surface area contributed by atoms with Crippen molar-refractivity contribution in [3.8, 4) is 0 Å². The van der Waals surface area contributed by atoms with Crippen molar-refractivity contribution in [2.75, 3.05) is 33.3 Å². The van der Waals surface area contributed by atoms with Crippen molar-refractivity contribution in [1.29, 1.82) is 0 Å². The SMILES string of the molecule is CCOC(=O)C1CNCCN1C(C)C(=O)NC(=O)NC. The van der Waals surface area contributed by atoms with Crippen LogP contribution in [-0.4, -0.2) is 68.2 Å². The summed E-state index contributed by atoms with van der Waals surface area (Å²) in [4.78, 5) is 36.8. The molecule has 0 aromatic rings.